The molecule has 2 aromatic carbocycles. The monoisotopic (exact) mass is 197 g/mol. The predicted molar refractivity (Wildman–Crippen MR) is 60.8 cm³/mol. The molecule has 0 unspecified atom stereocenters. The number of hydrogen-bond acceptors (Lipinski definition) is 2. The van der Waals surface area contributed by atoms with Gasteiger partial charge in [0, 0.05) is 23.2 Å². The second-order valence-electron chi connectivity index (χ2n) is 3.86. The normalized spacial score (nSPS) is 12.3. The standard InChI is InChI=1S/C13H11NO/c14-11-5-6-12(15)10-7-8-3-1-2-4-9(8)13(10)11/h1-6,15H,7,14H2. The van der Waals surface area contributed by atoms with Crippen LogP contribution in [0.1, 0.15) is 11.1 Å². The van der Waals surface area contributed by atoms with E-state index in [0.29, 0.717) is 5.75 Å². The van der Waals surface area contributed by atoms with Crippen molar-refractivity contribution in [3.05, 3.63) is 47.5 Å². The van der Waals surface area contributed by atoms with Gasteiger partial charge in [0.1, 0.15) is 5.75 Å². The van der Waals surface area contributed by atoms with E-state index in [4.69, 9.17) is 5.73 Å². The summed E-state index contributed by atoms with van der Waals surface area (Å²) in [5.74, 6) is 0.343. The topological polar surface area (TPSA) is 46.2 Å². The van der Waals surface area contributed by atoms with Gasteiger partial charge in [0.2, 0.25) is 0 Å². The number of hydrogen-bond donors (Lipinski definition) is 2. The number of rotatable bonds is 0. The van der Waals surface area contributed by atoms with Gasteiger partial charge in [0.15, 0.2) is 0 Å². The van der Waals surface area contributed by atoms with E-state index in [2.05, 4.69) is 12.1 Å². The first kappa shape index (κ1) is 8.36. The zero-order chi connectivity index (χ0) is 10.4. The second kappa shape index (κ2) is 2.76. The molecule has 0 aromatic heterocycles. The number of nitrogen functional groups attached to an aromatic ring is 1. The van der Waals surface area contributed by atoms with Crippen molar-refractivity contribution in [1.29, 1.82) is 0 Å². The highest BCUT2D eigenvalue weighted by Gasteiger charge is 2.22. The molecule has 15 heavy (non-hydrogen) atoms. The van der Waals surface area contributed by atoms with Crippen LogP contribution in [0, 0.1) is 0 Å². The van der Waals surface area contributed by atoms with Crippen LogP contribution in [-0.2, 0) is 6.42 Å². The molecule has 74 valence electrons. The van der Waals surface area contributed by atoms with Crippen LogP contribution in [0.4, 0.5) is 5.69 Å². The lowest BCUT2D eigenvalue weighted by atomic mass is 10.0. The first-order chi connectivity index (χ1) is 7.27. The maximum atomic E-state index is 9.77. The van der Waals surface area contributed by atoms with Crippen LogP contribution in [0.3, 0.4) is 0 Å². The highest BCUT2D eigenvalue weighted by Crippen LogP contribution is 2.43. The zero-order valence-electron chi connectivity index (χ0n) is 8.20. The highest BCUT2D eigenvalue weighted by molar-refractivity contribution is 5.87. The van der Waals surface area contributed by atoms with Crippen LogP contribution in [0.25, 0.3) is 11.1 Å². The summed E-state index contributed by atoms with van der Waals surface area (Å²) in [6.07, 6.45) is 0.780. The Bertz CT molecular complexity index is 546. The molecule has 0 atom stereocenters. The van der Waals surface area contributed by atoms with Crippen LogP contribution in [0.5, 0.6) is 5.75 Å². The van der Waals surface area contributed by atoms with Crippen LogP contribution in [0.15, 0.2) is 36.4 Å². The Hall–Kier alpha value is -1.96. The quantitative estimate of drug-likeness (QED) is 0.429. The Morgan fingerprint density at radius 1 is 1.07 bits per heavy atom. The minimum Gasteiger partial charge on any atom is -0.508 e. The van der Waals surface area contributed by atoms with Crippen molar-refractivity contribution in [2.45, 2.75) is 6.42 Å². The molecule has 0 aliphatic heterocycles. The highest BCUT2D eigenvalue weighted by atomic mass is 16.3. The van der Waals surface area contributed by atoms with Gasteiger partial charge in [-0.1, -0.05) is 24.3 Å². The van der Waals surface area contributed by atoms with Gasteiger partial charge < -0.3 is 10.8 Å². The van der Waals surface area contributed by atoms with E-state index in [1.54, 1.807) is 12.1 Å². The number of nitrogens with two attached hydrogens (primary N) is 1. The van der Waals surface area contributed by atoms with Gasteiger partial charge in [-0.3, -0.25) is 0 Å². The van der Waals surface area contributed by atoms with E-state index in [1.807, 2.05) is 12.1 Å². The largest absolute Gasteiger partial charge is 0.508 e. The third-order valence-electron chi connectivity index (χ3n) is 2.97. The maximum Gasteiger partial charge on any atom is 0.119 e. The lowest BCUT2D eigenvalue weighted by Crippen LogP contribution is -1.90. The lowest BCUT2D eigenvalue weighted by Gasteiger charge is -2.06. The summed E-state index contributed by atoms with van der Waals surface area (Å²) < 4.78 is 0. The molecule has 0 radical (unpaired) electrons. The number of benzene rings is 2. The third-order valence-corrected chi connectivity index (χ3v) is 2.97. The van der Waals surface area contributed by atoms with Crippen molar-refractivity contribution < 1.29 is 5.11 Å². The van der Waals surface area contributed by atoms with Crippen molar-refractivity contribution in [3.8, 4) is 16.9 Å². The van der Waals surface area contributed by atoms with Crippen LogP contribution < -0.4 is 5.73 Å². The summed E-state index contributed by atoms with van der Waals surface area (Å²) >= 11 is 0. The van der Waals surface area contributed by atoms with E-state index in [1.165, 1.54) is 5.56 Å². The molecule has 1 aliphatic carbocycles. The molecule has 1 aliphatic rings. The predicted octanol–water partition coefficient (Wildman–Crippen LogP) is 2.55. The van der Waals surface area contributed by atoms with Crippen molar-refractivity contribution >= 4 is 5.69 Å². The molecule has 2 aromatic rings. The van der Waals surface area contributed by atoms with E-state index in [9.17, 15) is 5.11 Å². The average Bonchev–Trinajstić information content (AvgIpc) is 2.64. The van der Waals surface area contributed by atoms with Gasteiger partial charge in [-0.15, -0.1) is 0 Å². The van der Waals surface area contributed by atoms with Crippen molar-refractivity contribution in [2.24, 2.45) is 0 Å². The molecule has 0 fully saturated rings. The fourth-order valence-corrected chi connectivity index (χ4v) is 2.26. The summed E-state index contributed by atoms with van der Waals surface area (Å²) in [6, 6.07) is 11.6. The first-order valence-corrected chi connectivity index (χ1v) is 4.96. The Labute approximate surface area is 88.0 Å². The fourth-order valence-electron chi connectivity index (χ4n) is 2.26. The molecule has 0 saturated carbocycles. The van der Waals surface area contributed by atoms with Gasteiger partial charge in [0.05, 0.1) is 0 Å². The van der Waals surface area contributed by atoms with Crippen LogP contribution in [-0.4, -0.2) is 5.11 Å². The van der Waals surface area contributed by atoms with E-state index < -0.39 is 0 Å². The van der Waals surface area contributed by atoms with Crippen molar-refractivity contribution in [2.75, 3.05) is 5.73 Å². The van der Waals surface area contributed by atoms with E-state index in [0.717, 1.165) is 28.8 Å². The maximum absolute atomic E-state index is 9.77. The van der Waals surface area contributed by atoms with E-state index in [-0.39, 0.29) is 0 Å². The first-order valence-electron chi connectivity index (χ1n) is 4.96. The van der Waals surface area contributed by atoms with E-state index >= 15 is 0 Å². The Balaban J connectivity index is 2.37. The molecule has 3 rings (SSSR count). The molecule has 0 bridgehead atoms. The molecule has 0 saturated heterocycles. The summed E-state index contributed by atoms with van der Waals surface area (Å²) in [4.78, 5) is 0. The molecular formula is C13H11NO. The number of anilines is 1. The van der Waals surface area contributed by atoms with Crippen LogP contribution in [0.2, 0.25) is 0 Å². The van der Waals surface area contributed by atoms with Crippen molar-refractivity contribution in [3.63, 3.8) is 0 Å². The van der Waals surface area contributed by atoms with Crippen molar-refractivity contribution in [1.82, 2.24) is 0 Å². The van der Waals surface area contributed by atoms with Gasteiger partial charge in [-0.2, -0.15) is 0 Å². The Morgan fingerprint density at radius 2 is 1.87 bits per heavy atom. The molecule has 2 heteroatoms. The van der Waals surface area contributed by atoms with Crippen LogP contribution >= 0.6 is 0 Å². The smallest absolute Gasteiger partial charge is 0.119 e. The summed E-state index contributed by atoms with van der Waals surface area (Å²) in [5.41, 5.74) is 11.0. The minimum atomic E-state index is 0.343. The molecule has 2 nitrogen and oxygen atoms in total. The summed E-state index contributed by atoms with van der Waals surface area (Å²) in [7, 11) is 0. The fraction of sp³-hybridized carbons (Fsp3) is 0.0769. The van der Waals surface area contributed by atoms with Gasteiger partial charge in [-0.05, 0) is 23.3 Å². The SMILES string of the molecule is Nc1ccc(O)c2c1-c1ccccc1C2. The number of phenolic OH excluding ortho intramolecular Hbond substituents is 1. The molecule has 3 N–H and O–H groups in total. The number of phenols is 1. The molecule has 0 spiro atoms. The summed E-state index contributed by atoms with van der Waals surface area (Å²) in [5, 5.41) is 9.77. The molecular weight excluding hydrogens is 186 g/mol. The lowest BCUT2D eigenvalue weighted by molar-refractivity contribution is 0.470. The molecule has 0 amide bonds. The minimum absolute atomic E-state index is 0.343. The number of aromatic hydroxyl groups is 1. The molecule has 0 heterocycles. The third kappa shape index (κ3) is 1.05. The number of fused-ring (bicyclic) bond motifs is 3. The average molecular weight is 197 g/mol. The Morgan fingerprint density at radius 3 is 2.73 bits per heavy atom. The van der Waals surface area contributed by atoms with Gasteiger partial charge in [0.25, 0.3) is 0 Å². The zero-order valence-corrected chi connectivity index (χ0v) is 8.20. The second-order valence-corrected chi connectivity index (χ2v) is 3.86. The van der Waals surface area contributed by atoms with Gasteiger partial charge in [-0.25, -0.2) is 0 Å². The Kier molecular flexibility index (Phi) is 1.54. The van der Waals surface area contributed by atoms with Gasteiger partial charge >= 0.3 is 0 Å². The summed E-state index contributed by atoms with van der Waals surface area (Å²) in [6.45, 7) is 0.